The molecule has 0 spiro atoms. The van der Waals surface area contributed by atoms with E-state index in [4.69, 9.17) is 4.11 Å². The Bertz CT molecular complexity index is 278. The maximum atomic E-state index is 6.77. The molecule has 0 saturated heterocycles. The van der Waals surface area contributed by atoms with E-state index in [0.29, 0.717) is 4.47 Å². The van der Waals surface area contributed by atoms with Crippen molar-refractivity contribution >= 4 is 15.9 Å². The summed E-state index contributed by atoms with van der Waals surface area (Å²) in [6, 6.07) is 1.43. The Morgan fingerprint density at radius 3 is 3.44 bits per heavy atom. The molecular weight excluding hydrogens is 184 g/mol. The normalized spacial score (nSPS) is 15.4. The van der Waals surface area contributed by atoms with E-state index in [1.165, 1.54) is 12.3 Å². The Labute approximate surface area is 65.4 Å². The number of methoxy groups -OCH3 is 1. The van der Waals surface area contributed by atoms with Crippen LogP contribution in [0.5, 0.6) is 5.88 Å². The number of rotatable bonds is 1. The van der Waals surface area contributed by atoms with Crippen LogP contribution in [0.15, 0.2) is 16.7 Å². The van der Waals surface area contributed by atoms with Crippen LogP contribution in [0.1, 0.15) is 4.11 Å². The van der Waals surface area contributed by atoms with Gasteiger partial charge in [-0.3, -0.25) is 0 Å². The van der Waals surface area contributed by atoms with E-state index in [-0.39, 0.29) is 5.88 Å². The third kappa shape index (κ3) is 1.64. The van der Waals surface area contributed by atoms with Crippen molar-refractivity contribution in [2.45, 2.75) is 0 Å². The first kappa shape index (κ1) is 3.51. The van der Waals surface area contributed by atoms with Gasteiger partial charge in [0.05, 0.1) is 17.3 Å². The summed E-state index contributed by atoms with van der Waals surface area (Å²) in [6.07, 6.45) is 1.44. The molecule has 48 valence electrons. The molecule has 0 radical (unpaired) electrons. The van der Waals surface area contributed by atoms with Gasteiger partial charge in [0.15, 0.2) is 0 Å². The summed E-state index contributed by atoms with van der Waals surface area (Å²) in [5.74, 6) is -0.0237. The highest BCUT2D eigenvalue weighted by atomic mass is 79.9. The molecule has 0 bridgehead atoms. The number of hydrogen-bond acceptors (Lipinski definition) is 3. The van der Waals surface area contributed by atoms with Crippen molar-refractivity contribution in [2.24, 2.45) is 0 Å². The minimum atomic E-state index is -2.48. The maximum Gasteiger partial charge on any atom is 0.234 e. The van der Waals surface area contributed by atoms with Crippen LogP contribution in [-0.2, 0) is 0 Å². The SMILES string of the molecule is [2H]C([2H])([2H])Oc1cc(Br)cnn1. The van der Waals surface area contributed by atoms with Gasteiger partial charge in [0.2, 0.25) is 5.88 Å². The van der Waals surface area contributed by atoms with E-state index in [0.717, 1.165) is 0 Å². The van der Waals surface area contributed by atoms with Gasteiger partial charge in [-0.15, -0.1) is 5.10 Å². The fraction of sp³-hybridized carbons (Fsp3) is 0.200. The Balaban J connectivity index is 2.77. The van der Waals surface area contributed by atoms with Gasteiger partial charge in [0.25, 0.3) is 0 Å². The average Bonchev–Trinajstić information content (AvgIpc) is 1.82. The third-order valence-corrected chi connectivity index (χ3v) is 1.14. The highest BCUT2D eigenvalue weighted by Crippen LogP contribution is 2.11. The number of halogens is 1. The lowest BCUT2D eigenvalue weighted by atomic mass is 10.6. The molecule has 0 aliphatic heterocycles. The van der Waals surface area contributed by atoms with Crippen LogP contribution in [-0.4, -0.2) is 17.2 Å². The molecule has 9 heavy (non-hydrogen) atoms. The number of aromatic nitrogens is 2. The van der Waals surface area contributed by atoms with E-state index < -0.39 is 7.04 Å². The van der Waals surface area contributed by atoms with E-state index in [1.807, 2.05) is 0 Å². The standard InChI is InChI=1S/C5H5BrN2O/c1-9-5-2-4(6)3-7-8-5/h2-3H,1H3/i1D3. The van der Waals surface area contributed by atoms with Gasteiger partial charge in [-0.1, -0.05) is 0 Å². The first-order valence-corrected chi connectivity index (χ1v) is 2.94. The summed E-state index contributed by atoms with van der Waals surface area (Å²) in [5.41, 5.74) is 0. The summed E-state index contributed by atoms with van der Waals surface area (Å²) >= 11 is 3.10. The van der Waals surface area contributed by atoms with Crippen LogP contribution >= 0.6 is 15.9 Å². The predicted octanol–water partition coefficient (Wildman–Crippen LogP) is 1.25. The summed E-state index contributed by atoms with van der Waals surface area (Å²) in [5, 5.41) is 6.96. The monoisotopic (exact) mass is 191 g/mol. The van der Waals surface area contributed by atoms with Gasteiger partial charge < -0.3 is 4.74 Å². The number of nitrogens with zero attached hydrogens (tertiary/aromatic N) is 2. The van der Waals surface area contributed by atoms with Gasteiger partial charge in [0, 0.05) is 10.5 Å². The van der Waals surface area contributed by atoms with Crippen LogP contribution in [0.2, 0.25) is 0 Å². The van der Waals surface area contributed by atoms with E-state index in [9.17, 15) is 0 Å². The first-order valence-electron chi connectivity index (χ1n) is 3.65. The molecule has 0 fully saturated rings. The largest absolute Gasteiger partial charge is 0.480 e. The molecule has 1 heterocycles. The minimum absolute atomic E-state index is 0.0237. The Morgan fingerprint density at radius 2 is 2.78 bits per heavy atom. The molecular formula is C5H5BrN2O. The van der Waals surface area contributed by atoms with Gasteiger partial charge in [-0.05, 0) is 15.9 Å². The molecule has 0 unspecified atom stereocenters. The van der Waals surface area contributed by atoms with Gasteiger partial charge in [-0.2, -0.15) is 5.10 Å². The second kappa shape index (κ2) is 2.77. The summed E-state index contributed by atoms with van der Waals surface area (Å²) in [7, 11) is -2.48. The Morgan fingerprint density at radius 1 is 1.89 bits per heavy atom. The van der Waals surface area contributed by atoms with Gasteiger partial charge >= 0.3 is 0 Å². The van der Waals surface area contributed by atoms with Crippen molar-refractivity contribution in [1.29, 1.82) is 0 Å². The fourth-order valence-electron chi connectivity index (χ4n) is 0.375. The Kier molecular flexibility index (Phi) is 1.08. The lowest BCUT2D eigenvalue weighted by Gasteiger charge is -1.94. The highest BCUT2D eigenvalue weighted by Gasteiger charge is 1.91. The van der Waals surface area contributed by atoms with Crippen molar-refractivity contribution in [3.05, 3.63) is 16.7 Å². The zero-order chi connectivity index (χ0) is 9.19. The smallest absolute Gasteiger partial charge is 0.234 e. The molecule has 4 heteroatoms. The van der Waals surface area contributed by atoms with E-state index >= 15 is 0 Å². The molecule has 1 aromatic rings. The third-order valence-electron chi connectivity index (χ3n) is 0.703. The summed E-state index contributed by atoms with van der Waals surface area (Å²) in [6.45, 7) is 0. The zero-order valence-electron chi connectivity index (χ0n) is 7.34. The summed E-state index contributed by atoms with van der Waals surface area (Å²) < 4.78 is 25.4. The van der Waals surface area contributed by atoms with Crippen molar-refractivity contribution in [2.75, 3.05) is 7.04 Å². The van der Waals surface area contributed by atoms with Crippen LogP contribution in [0.4, 0.5) is 0 Å². The van der Waals surface area contributed by atoms with E-state index in [2.05, 4.69) is 30.9 Å². The number of hydrogen-bond donors (Lipinski definition) is 0. The topological polar surface area (TPSA) is 35.0 Å². The first-order chi connectivity index (χ1) is 5.47. The molecule has 0 amide bonds. The lowest BCUT2D eigenvalue weighted by molar-refractivity contribution is 0.391. The second-order valence-corrected chi connectivity index (χ2v) is 2.23. The lowest BCUT2D eigenvalue weighted by Crippen LogP contribution is -1.88. The maximum absolute atomic E-state index is 6.77. The van der Waals surface area contributed by atoms with Crippen LogP contribution in [0.25, 0.3) is 0 Å². The fourth-order valence-corrected chi connectivity index (χ4v) is 0.662. The zero-order valence-corrected chi connectivity index (χ0v) is 5.92. The van der Waals surface area contributed by atoms with Crippen molar-refractivity contribution in [3.63, 3.8) is 0 Å². The second-order valence-electron chi connectivity index (χ2n) is 1.31. The average molecular weight is 192 g/mol. The molecule has 1 rings (SSSR count). The Hall–Kier alpha value is -0.640. The molecule has 0 saturated carbocycles. The van der Waals surface area contributed by atoms with Gasteiger partial charge in [0.1, 0.15) is 0 Å². The molecule has 1 aromatic heterocycles. The quantitative estimate of drug-likeness (QED) is 0.671. The van der Waals surface area contributed by atoms with Crippen molar-refractivity contribution < 1.29 is 8.85 Å². The molecule has 0 atom stereocenters. The van der Waals surface area contributed by atoms with Crippen LogP contribution < -0.4 is 4.74 Å². The minimum Gasteiger partial charge on any atom is -0.480 e. The highest BCUT2D eigenvalue weighted by molar-refractivity contribution is 9.10. The molecule has 3 nitrogen and oxygen atoms in total. The molecule has 0 aromatic carbocycles. The predicted molar refractivity (Wildman–Crippen MR) is 36.3 cm³/mol. The van der Waals surface area contributed by atoms with Crippen LogP contribution in [0, 0.1) is 0 Å². The van der Waals surface area contributed by atoms with Crippen LogP contribution in [0.3, 0.4) is 0 Å². The van der Waals surface area contributed by atoms with Gasteiger partial charge in [-0.25, -0.2) is 0 Å². The van der Waals surface area contributed by atoms with E-state index in [1.54, 1.807) is 0 Å². The molecule has 0 aliphatic rings. The summed E-state index contributed by atoms with van der Waals surface area (Å²) in [4.78, 5) is 0. The molecule has 0 aliphatic carbocycles. The van der Waals surface area contributed by atoms with Crippen molar-refractivity contribution in [3.8, 4) is 5.88 Å². The van der Waals surface area contributed by atoms with Crippen molar-refractivity contribution in [1.82, 2.24) is 10.2 Å². The molecule has 0 N–H and O–H groups in total. The number of ether oxygens (including phenoxy) is 1.